The number of hydrogen-bond acceptors (Lipinski definition) is 7. The lowest BCUT2D eigenvalue weighted by molar-refractivity contribution is 0.0730. The summed E-state index contributed by atoms with van der Waals surface area (Å²) >= 11 is 5.32. The number of hydrogen-bond donors (Lipinski definition) is 2. The maximum Gasteiger partial charge on any atom is 0.257 e. The zero-order valence-electron chi connectivity index (χ0n) is 20.2. The van der Waals surface area contributed by atoms with Gasteiger partial charge >= 0.3 is 0 Å². The third kappa shape index (κ3) is 5.72. The van der Waals surface area contributed by atoms with Gasteiger partial charge in [-0.3, -0.25) is 10.1 Å². The molecule has 2 N–H and O–H groups in total. The molecule has 2 aromatic carbocycles. The second-order valence-corrected chi connectivity index (χ2v) is 11.3. The van der Waals surface area contributed by atoms with E-state index >= 15 is 0 Å². The van der Waals surface area contributed by atoms with Gasteiger partial charge in [0.05, 0.1) is 18.1 Å². The zero-order valence-corrected chi connectivity index (χ0v) is 21.9. The molecule has 0 unspecified atom stereocenters. The molecule has 194 valence electrons. The van der Waals surface area contributed by atoms with Crippen LogP contribution in [0.25, 0.3) is 11.4 Å². The number of aromatic nitrogens is 3. The molecule has 0 bridgehead atoms. The molecule has 2 aliphatic heterocycles. The van der Waals surface area contributed by atoms with E-state index in [1.165, 1.54) is 22.9 Å². The quantitative estimate of drug-likeness (QED) is 0.475. The highest BCUT2D eigenvalue weighted by atomic mass is 32.2. The van der Waals surface area contributed by atoms with Crippen molar-refractivity contribution >= 4 is 38.9 Å². The predicted molar refractivity (Wildman–Crippen MR) is 143 cm³/mol. The highest BCUT2D eigenvalue weighted by Gasteiger charge is 2.27. The number of carbonyl (C=O) groups is 1. The van der Waals surface area contributed by atoms with Crippen molar-refractivity contribution in [1.29, 1.82) is 0 Å². The van der Waals surface area contributed by atoms with Gasteiger partial charge in [0.15, 0.2) is 10.9 Å². The van der Waals surface area contributed by atoms with Crippen molar-refractivity contribution in [3.63, 3.8) is 0 Å². The van der Waals surface area contributed by atoms with E-state index in [1.807, 2.05) is 24.3 Å². The number of thiocarbonyl (C=S) groups is 1. The van der Waals surface area contributed by atoms with Crippen LogP contribution in [0.5, 0.6) is 0 Å². The normalized spacial score (nSPS) is 16.4. The van der Waals surface area contributed by atoms with Gasteiger partial charge < -0.3 is 14.6 Å². The van der Waals surface area contributed by atoms with Crippen LogP contribution < -0.4 is 10.6 Å². The minimum Gasteiger partial charge on any atom is -0.379 e. The van der Waals surface area contributed by atoms with Crippen LogP contribution in [-0.4, -0.2) is 64.8 Å². The molecule has 1 amide bonds. The third-order valence-corrected chi connectivity index (χ3v) is 8.54. The topological polar surface area (TPSA) is 118 Å². The number of amides is 1. The third-order valence-electron chi connectivity index (χ3n) is 6.44. The van der Waals surface area contributed by atoms with Crippen LogP contribution in [-0.2, 0) is 27.7 Å². The number of sulfonamides is 1. The molecule has 3 heterocycles. The summed E-state index contributed by atoms with van der Waals surface area (Å²) in [6.07, 6.45) is 4.40. The van der Waals surface area contributed by atoms with Crippen molar-refractivity contribution in [2.24, 2.45) is 0 Å². The fraction of sp³-hybridized carbons (Fsp3) is 0.360. The van der Waals surface area contributed by atoms with Gasteiger partial charge in [0.2, 0.25) is 10.0 Å². The predicted octanol–water partition coefficient (Wildman–Crippen LogP) is 2.82. The Balaban J connectivity index is 1.22. The average molecular weight is 541 g/mol. The van der Waals surface area contributed by atoms with E-state index in [4.69, 9.17) is 17.0 Å². The molecule has 5 rings (SSSR count). The second kappa shape index (κ2) is 11.1. The first-order valence-corrected chi connectivity index (χ1v) is 14.1. The Bertz CT molecular complexity index is 1400. The van der Waals surface area contributed by atoms with E-state index in [1.54, 1.807) is 12.1 Å². The Labute approximate surface area is 221 Å². The smallest absolute Gasteiger partial charge is 0.257 e. The molecule has 37 heavy (non-hydrogen) atoms. The van der Waals surface area contributed by atoms with Crippen LogP contribution in [0.2, 0.25) is 0 Å². The summed E-state index contributed by atoms with van der Waals surface area (Å²) in [6.45, 7) is 2.18. The van der Waals surface area contributed by atoms with Gasteiger partial charge in [-0.1, -0.05) is 12.5 Å². The first kappa shape index (κ1) is 25.5. The number of aryl methyl sites for hydroxylation is 1. The largest absolute Gasteiger partial charge is 0.379 e. The number of morpholine rings is 1. The summed E-state index contributed by atoms with van der Waals surface area (Å²) in [7, 11) is -3.71. The maximum absolute atomic E-state index is 12.9. The van der Waals surface area contributed by atoms with Crippen LogP contribution in [0.4, 0.5) is 5.69 Å². The maximum atomic E-state index is 12.9. The van der Waals surface area contributed by atoms with Crippen molar-refractivity contribution in [2.45, 2.75) is 37.1 Å². The second-order valence-electron chi connectivity index (χ2n) is 8.93. The van der Waals surface area contributed by atoms with E-state index in [0.29, 0.717) is 18.9 Å². The van der Waals surface area contributed by atoms with E-state index in [-0.39, 0.29) is 28.7 Å². The van der Waals surface area contributed by atoms with Crippen molar-refractivity contribution in [3.05, 3.63) is 59.9 Å². The van der Waals surface area contributed by atoms with E-state index in [0.717, 1.165) is 43.0 Å². The summed E-state index contributed by atoms with van der Waals surface area (Å²) < 4.78 is 34.6. The molecule has 1 saturated heterocycles. The Morgan fingerprint density at radius 3 is 2.54 bits per heavy atom. The average Bonchev–Trinajstić information content (AvgIpc) is 3.17. The molecular weight excluding hydrogens is 512 g/mol. The van der Waals surface area contributed by atoms with Gasteiger partial charge in [0, 0.05) is 42.9 Å². The van der Waals surface area contributed by atoms with Gasteiger partial charge in [0.1, 0.15) is 5.82 Å². The number of anilines is 1. The standard InChI is InChI=1S/C25H28N6O4S2/c32-24(19-5-4-6-21(17-19)37(33,34)30-13-15-35-16-14-30)27-25(36)26-20-10-8-18(9-11-20)23-29-28-22-7-2-1-3-12-31(22)23/h4-6,8-11,17H,1-3,7,12-16H2,(H2,26,27,32,36). The van der Waals surface area contributed by atoms with Gasteiger partial charge in [-0.05, 0) is 67.5 Å². The molecule has 3 aromatic rings. The Morgan fingerprint density at radius 1 is 0.973 bits per heavy atom. The molecule has 1 aromatic heterocycles. The molecule has 2 aliphatic rings. The number of nitrogens with one attached hydrogen (secondary N) is 2. The van der Waals surface area contributed by atoms with E-state index < -0.39 is 15.9 Å². The lowest BCUT2D eigenvalue weighted by Crippen LogP contribution is -2.40. The van der Waals surface area contributed by atoms with Gasteiger partial charge in [-0.2, -0.15) is 4.31 Å². The number of benzene rings is 2. The molecule has 12 heteroatoms. The molecule has 1 fully saturated rings. The van der Waals surface area contributed by atoms with Crippen LogP contribution >= 0.6 is 12.2 Å². The summed E-state index contributed by atoms with van der Waals surface area (Å²) in [4.78, 5) is 12.8. The molecule has 0 saturated carbocycles. The first-order chi connectivity index (χ1) is 17.9. The highest BCUT2D eigenvalue weighted by molar-refractivity contribution is 7.89. The Kier molecular flexibility index (Phi) is 7.60. The van der Waals surface area contributed by atoms with Crippen LogP contribution in [0.1, 0.15) is 35.4 Å². The SMILES string of the molecule is O=C(NC(=S)Nc1ccc(-c2nnc3n2CCCCC3)cc1)c1cccc(S(=O)(=O)N2CCOCC2)c1. The van der Waals surface area contributed by atoms with E-state index in [9.17, 15) is 13.2 Å². The zero-order chi connectivity index (χ0) is 25.8. The first-order valence-electron chi connectivity index (χ1n) is 12.2. The molecule has 0 aliphatic carbocycles. The Morgan fingerprint density at radius 2 is 1.76 bits per heavy atom. The highest BCUT2D eigenvalue weighted by Crippen LogP contribution is 2.24. The summed E-state index contributed by atoms with van der Waals surface area (Å²) in [5.41, 5.74) is 1.86. The number of rotatable bonds is 5. The van der Waals surface area contributed by atoms with Crippen molar-refractivity contribution in [2.75, 3.05) is 31.6 Å². The number of ether oxygens (including phenoxy) is 1. The van der Waals surface area contributed by atoms with Crippen LogP contribution in [0.3, 0.4) is 0 Å². The lowest BCUT2D eigenvalue weighted by atomic mass is 10.2. The molecule has 0 atom stereocenters. The summed E-state index contributed by atoms with van der Waals surface area (Å²) in [5, 5.41) is 14.5. The monoisotopic (exact) mass is 540 g/mol. The van der Waals surface area contributed by atoms with E-state index in [2.05, 4.69) is 25.4 Å². The fourth-order valence-corrected chi connectivity index (χ4v) is 6.14. The fourth-order valence-electron chi connectivity index (χ4n) is 4.47. The minimum absolute atomic E-state index is 0.0582. The molecular formula is C25H28N6O4S2. The van der Waals surface area contributed by atoms with Crippen LogP contribution in [0, 0.1) is 0 Å². The Hall–Kier alpha value is -3.19. The molecule has 0 spiro atoms. The number of fused-ring (bicyclic) bond motifs is 1. The number of nitrogens with zero attached hydrogens (tertiary/aromatic N) is 4. The molecule has 10 nitrogen and oxygen atoms in total. The summed E-state index contributed by atoms with van der Waals surface area (Å²) in [6, 6.07) is 13.5. The minimum atomic E-state index is -3.71. The van der Waals surface area contributed by atoms with Crippen molar-refractivity contribution < 1.29 is 17.9 Å². The number of carbonyl (C=O) groups excluding carboxylic acids is 1. The van der Waals surface area contributed by atoms with Gasteiger partial charge in [-0.25, -0.2) is 8.42 Å². The van der Waals surface area contributed by atoms with Crippen molar-refractivity contribution in [1.82, 2.24) is 24.4 Å². The summed E-state index contributed by atoms with van der Waals surface area (Å²) in [5.74, 6) is 1.38. The van der Waals surface area contributed by atoms with Crippen LogP contribution in [0.15, 0.2) is 53.4 Å². The lowest BCUT2D eigenvalue weighted by Gasteiger charge is -2.26. The molecule has 0 radical (unpaired) electrons. The van der Waals surface area contributed by atoms with Gasteiger partial charge in [-0.15, -0.1) is 10.2 Å². The van der Waals surface area contributed by atoms with Crippen molar-refractivity contribution in [3.8, 4) is 11.4 Å². The van der Waals surface area contributed by atoms with Gasteiger partial charge in [0.25, 0.3) is 5.91 Å².